The van der Waals surface area contributed by atoms with Crippen molar-refractivity contribution in [3.63, 3.8) is 0 Å². The first-order valence-corrected chi connectivity index (χ1v) is 10.9. The Hall–Kier alpha value is -1.48. The number of benzene rings is 1. The molecule has 8 heteroatoms. The Labute approximate surface area is 166 Å². The summed E-state index contributed by atoms with van der Waals surface area (Å²) in [6.07, 6.45) is 7.37. The summed E-state index contributed by atoms with van der Waals surface area (Å²) in [7, 11) is 0. The summed E-state index contributed by atoms with van der Waals surface area (Å²) in [5.74, 6) is -0.218. The number of hydrogen-bond donors (Lipinski definition) is 1. The van der Waals surface area contributed by atoms with E-state index in [0.717, 1.165) is 48.6 Å². The van der Waals surface area contributed by atoms with Gasteiger partial charge in [-0.1, -0.05) is 50.5 Å². The van der Waals surface area contributed by atoms with E-state index >= 15 is 0 Å². The van der Waals surface area contributed by atoms with Crippen LogP contribution >= 0.6 is 11.8 Å². The van der Waals surface area contributed by atoms with Gasteiger partial charge < -0.3 is 4.55 Å². The molecule has 0 aromatic heterocycles. The van der Waals surface area contributed by atoms with Gasteiger partial charge in [0.2, 0.25) is 0 Å². The predicted molar refractivity (Wildman–Crippen MR) is 106 cm³/mol. The Bertz CT molecular complexity index is 770. The zero-order valence-corrected chi connectivity index (χ0v) is 16.9. The SMILES string of the molecule is CC1(CN2C(=O)SC(=Cc3ccc(CNS(=O)[O-])cc3)C2=O)CCCCC1. The minimum atomic E-state index is -2.30. The summed E-state index contributed by atoms with van der Waals surface area (Å²) in [4.78, 5) is 26.9. The molecule has 27 heavy (non-hydrogen) atoms. The van der Waals surface area contributed by atoms with Gasteiger partial charge in [0.05, 0.1) is 4.91 Å². The van der Waals surface area contributed by atoms with E-state index in [9.17, 15) is 18.4 Å². The molecule has 6 nitrogen and oxygen atoms in total. The van der Waals surface area contributed by atoms with Crippen molar-refractivity contribution >= 4 is 40.3 Å². The zero-order chi connectivity index (χ0) is 19.4. The van der Waals surface area contributed by atoms with E-state index in [4.69, 9.17) is 0 Å². The van der Waals surface area contributed by atoms with Gasteiger partial charge in [-0.05, 0) is 47.2 Å². The van der Waals surface area contributed by atoms with Crippen LogP contribution in [-0.2, 0) is 22.6 Å². The van der Waals surface area contributed by atoms with E-state index in [1.54, 1.807) is 30.3 Å². The monoisotopic (exact) mass is 407 g/mol. The lowest BCUT2D eigenvalue weighted by Gasteiger charge is -2.35. The summed E-state index contributed by atoms with van der Waals surface area (Å²) < 4.78 is 23.4. The highest BCUT2D eigenvalue weighted by atomic mass is 32.2. The average Bonchev–Trinajstić information content (AvgIpc) is 2.89. The van der Waals surface area contributed by atoms with E-state index in [1.807, 2.05) is 0 Å². The minimum absolute atomic E-state index is 0.0237. The van der Waals surface area contributed by atoms with Gasteiger partial charge in [0.1, 0.15) is 0 Å². The summed E-state index contributed by atoms with van der Waals surface area (Å²) in [5.41, 5.74) is 1.64. The zero-order valence-electron chi connectivity index (χ0n) is 15.2. The van der Waals surface area contributed by atoms with Crippen LogP contribution in [0.1, 0.15) is 50.2 Å². The number of carbonyl (C=O) groups excluding carboxylic acids is 2. The number of carbonyl (C=O) groups is 2. The maximum Gasteiger partial charge on any atom is 0.293 e. The van der Waals surface area contributed by atoms with Crippen LogP contribution < -0.4 is 4.72 Å². The molecule has 1 aliphatic heterocycles. The lowest BCUT2D eigenvalue weighted by molar-refractivity contribution is -0.124. The number of imide groups is 1. The third-order valence-electron chi connectivity index (χ3n) is 5.15. The number of hydrogen-bond acceptors (Lipinski definition) is 5. The Kier molecular flexibility index (Phi) is 6.52. The smallest absolute Gasteiger partial charge is 0.293 e. The number of nitrogens with one attached hydrogen (secondary N) is 1. The summed E-state index contributed by atoms with van der Waals surface area (Å²) in [6.45, 7) is 2.87. The third kappa shape index (κ3) is 5.28. The number of thioether (sulfide) groups is 1. The van der Waals surface area contributed by atoms with E-state index in [0.29, 0.717) is 11.4 Å². The Morgan fingerprint density at radius 3 is 2.52 bits per heavy atom. The first-order valence-electron chi connectivity index (χ1n) is 9.03. The Morgan fingerprint density at radius 1 is 1.22 bits per heavy atom. The van der Waals surface area contributed by atoms with Crippen molar-refractivity contribution in [2.45, 2.75) is 45.6 Å². The molecule has 146 valence electrons. The highest BCUT2D eigenvalue weighted by Gasteiger charge is 2.40. The quantitative estimate of drug-likeness (QED) is 0.575. The van der Waals surface area contributed by atoms with Gasteiger partial charge in [0.25, 0.3) is 11.1 Å². The van der Waals surface area contributed by atoms with E-state index in [-0.39, 0.29) is 23.1 Å². The van der Waals surface area contributed by atoms with E-state index in [2.05, 4.69) is 11.6 Å². The van der Waals surface area contributed by atoms with Crippen LogP contribution in [-0.4, -0.2) is 31.4 Å². The molecular weight excluding hydrogens is 384 g/mol. The molecule has 0 radical (unpaired) electrons. The highest BCUT2D eigenvalue weighted by Crippen LogP contribution is 2.40. The van der Waals surface area contributed by atoms with Crippen LogP contribution in [0.15, 0.2) is 29.2 Å². The molecular formula is C19H23N2O4S2-. The van der Waals surface area contributed by atoms with Gasteiger partial charge in [-0.2, -0.15) is 0 Å². The van der Waals surface area contributed by atoms with Gasteiger partial charge in [-0.15, -0.1) is 0 Å². The molecule has 2 fully saturated rings. The molecule has 1 unspecified atom stereocenters. The second-order valence-electron chi connectivity index (χ2n) is 7.44. The van der Waals surface area contributed by atoms with Crippen molar-refractivity contribution in [2.24, 2.45) is 5.41 Å². The fourth-order valence-electron chi connectivity index (χ4n) is 3.61. The van der Waals surface area contributed by atoms with E-state index in [1.165, 1.54) is 11.3 Å². The van der Waals surface area contributed by atoms with Crippen LogP contribution in [0.4, 0.5) is 4.79 Å². The average molecular weight is 408 g/mol. The van der Waals surface area contributed by atoms with Crippen LogP contribution in [0.25, 0.3) is 6.08 Å². The Balaban J connectivity index is 1.67. The topological polar surface area (TPSA) is 89.5 Å². The molecule has 1 heterocycles. The number of rotatable bonds is 6. The molecule has 0 bridgehead atoms. The van der Waals surface area contributed by atoms with Gasteiger partial charge in [-0.3, -0.25) is 18.7 Å². The molecule has 1 aliphatic carbocycles. The summed E-state index contributed by atoms with van der Waals surface area (Å²) in [6, 6.07) is 7.19. The van der Waals surface area contributed by atoms with Gasteiger partial charge >= 0.3 is 0 Å². The molecule has 1 saturated heterocycles. The summed E-state index contributed by atoms with van der Waals surface area (Å²) in [5, 5.41) is -0.197. The largest absolute Gasteiger partial charge is 0.760 e. The normalized spacial score (nSPS) is 22.4. The standard InChI is InChI=1S/C19H24N2O4S2/c1-19(9-3-2-4-10-19)13-21-17(22)16(26-18(21)23)11-14-5-7-15(8-6-14)12-20-27(24)25/h5-8,11,20H,2-4,9-10,12-13H2,1H3,(H,24,25)/p-1. The van der Waals surface area contributed by atoms with E-state index < -0.39 is 11.3 Å². The molecule has 1 aromatic rings. The highest BCUT2D eigenvalue weighted by molar-refractivity contribution is 8.18. The molecule has 1 saturated carbocycles. The lowest BCUT2D eigenvalue weighted by atomic mass is 9.75. The molecule has 1 N–H and O–H groups in total. The van der Waals surface area contributed by atoms with Crippen molar-refractivity contribution in [1.82, 2.24) is 9.62 Å². The van der Waals surface area contributed by atoms with Gasteiger partial charge in [0.15, 0.2) is 0 Å². The maximum atomic E-state index is 12.7. The lowest BCUT2D eigenvalue weighted by Crippen LogP contribution is -2.39. The fraction of sp³-hybridized carbons (Fsp3) is 0.474. The maximum absolute atomic E-state index is 12.7. The number of amides is 2. The van der Waals surface area contributed by atoms with Crippen molar-refractivity contribution < 1.29 is 18.4 Å². The molecule has 1 aromatic carbocycles. The molecule has 1 atom stereocenters. The van der Waals surface area contributed by atoms with Gasteiger partial charge in [0, 0.05) is 24.4 Å². The molecule has 2 aliphatic rings. The number of nitrogens with zero attached hydrogens (tertiary/aromatic N) is 1. The van der Waals surface area contributed by atoms with Crippen molar-refractivity contribution in [3.8, 4) is 0 Å². The molecule has 0 spiro atoms. The van der Waals surface area contributed by atoms with Crippen LogP contribution in [0.2, 0.25) is 0 Å². The van der Waals surface area contributed by atoms with Crippen molar-refractivity contribution in [1.29, 1.82) is 0 Å². The second-order valence-corrected chi connectivity index (χ2v) is 9.19. The fourth-order valence-corrected chi connectivity index (χ4v) is 4.73. The third-order valence-corrected chi connectivity index (χ3v) is 6.43. The van der Waals surface area contributed by atoms with Crippen molar-refractivity contribution in [2.75, 3.05) is 6.54 Å². The van der Waals surface area contributed by atoms with Crippen LogP contribution in [0.3, 0.4) is 0 Å². The molecule has 3 rings (SSSR count). The second kappa shape index (κ2) is 8.68. The van der Waals surface area contributed by atoms with Crippen LogP contribution in [0.5, 0.6) is 0 Å². The van der Waals surface area contributed by atoms with Crippen LogP contribution in [0, 0.1) is 5.41 Å². The minimum Gasteiger partial charge on any atom is -0.760 e. The first-order chi connectivity index (χ1) is 12.9. The van der Waals surface area contributed by atoms with Gasteiger partial charge in [-0.25, -0.2) is 4.72 Å². The van der Waals surface area contributed by atoms with Crippen molar-refractivity contribution in [3.05, 3.63) is 40.3 Å². The summed E-state index contributed by atoms with van der Waals surface area (Å²) >= 11 is -1.31. The Morgan fingerprint density at radius 2 is 1.89 bits per heavy atom. The first kappa shape index (κ1) is 20.3. The molecule has 2 amide bonds. The predicted octanol–water partition coefficient (Wildman–Crippen LogP) is 3.58.